The molecule has 6 heteroatoms. The Bertz CT molecular complexity index is 868. The molecule has 142 valence electrons. The van der Waals surface area contributed by atoms with Crippen molar-refractivity contribution in [1.29, 1.82) is 0 Å². The number of amides is 1. The van der Waals surface area contributed by atoms with E-state index in [1.807, 2.05) is 38.6 Å². The summed E-state index contributed by atoms with van der Waals surface area (Å²) in [4.78, 5) is 16.8. The molecular formula is C21H24FN3O2. The molecule has 3 aliphatic rings. The molecule has 0 atom stereocenters. The fourth-order valence-electron chi connectivity index (χ4n) is 4.14. The van der Waals surface area contributed by atoms with E-state index >= 15 is 0 Å². The van der Waals surface area contributed by atoms with Crippen molar-refractivity contribution in [2.45, 2.75) is 19.4 Å². The first-order valence-corrected chi connectivity index (χ1v) is 9.82. The van der Waals surface area contributed by atoms with Crippen molar-refractivity contribution in [1.82, 2.24) is 9.47 Å². The van der Waals surface area contributed by atoms with E-state index in [9.17, 15) is 9.18 Å². The lowest BCUT2D eigenvalue weighted by molar-refractivity contribution is 0.0697. The maximum Gasteiger partial charge on any atom is 0.270 e. The van der Waals surface area contributed by atoms with Crippen molar-refractivity contribution < 1.29 is 13.9 Å². The fourth-order valence-corrected chi connectivity index (χ4v) is 4.14. The molecule has 1 aromatic carbocycles. The first-order valence-electron chi connectivity index (χ1n) is 9.82. The van der Waals surface area contributed by atoms with Gasteiger partial charge >= 0.3 is 0 Å². The number of anilines is 1. The van der Waals surface area contributed by atoms with Crippen LogP contribution in [0, 0.1) is 11.7 Å². The van der Waals surface area contributed by atoms with Gasteiger partial charge < -0.3 is 19.1 Å². The predicted molar refractivity (Wildman–Crippen MR) is 101 cm³/mol. The van der Waals surface area contributed by atoms with Crippen LogP contribution in [0.5, 0.6) is 0 Å². The van der Waals surface area contributed by atoms with Gasteiger partial charge in [0.2, 0.25) is 0 Å². The molecule has 2 aliphatic heterocycles. The molecule has 1 saturated carbocycles. The average molecular weight is 369 g/mol. The van der Waals surface area contributed by atoms with Crippen LogP contribution in [0.1, 0.15) is 23.3 Å². The molecule has 1 amide bonds. The smallest absolute Gasteiger partial charge is 0.270 e. The molecule has 0 spiro atoms. The van der Waals surface area contributed by atoms with Crippen molar-refractivity contribution >= 4 is 11.6 Å². The van der Waals surface area contributed by atoms with Crippen LogP contribution in [0.25, 0.3) is 11.3 Å². The Hall–Kier alpha value is -2.34. The van der Waals surface area contributed by atoms with E-state index in [1.165, 1.54) is 12.8 Å². The first-order chi connectivity index (χ1) is 13.2. The molecular weight excluding hydrogens is 345 g/mol. The normalized spacial score (nSPS) is 20.1. The van der Waals surface area contributed by atoms with Gasteiger partial charge in [-0.15, -0.1) is 0 Å². The lowest BCUT2D eigenvalue weighted by Gasteiger charge is -2.30. The number of aromatic nitrogens is 1. The van der Waals surface area contributed by atoms with Gasteiger partial charge in [-0.3, -0.25) is 4.79 Å². The predicted octanol–water partition coefficient (Wildman–Crippen LogP) is 3.00. The van der Waals surface area contributed by atoms with E-state index in [4.69, 9.17) is 4.74 Å². The van der Waals surface area contributed by atoms with Crippen LogP contribution < -0.4 is 4.90 Å². The topological polar surface area (TPSA) is 37.7 Å². The largest absolute Gasteiger partial charge is 0.378 e. The minimum absolute atomic E-state index is 0.102. The monoisotopic (exact) mass is 369 g/mol. The summed E-state index contributed by atoms with van der Waals surface area (Å²) in [7, 11) is 0. The van der Waals surface area contributed by atoms with E-state index < -0.39 is 0 Å². The average Bonchev–Trinajstić information content (AvgIpc) is 3.40. The van der Waals surface area contributed by atoms with Gasteiger partial charge in [-0.25, -0.2) is 4.39 Å². The SMILES string of the molecule is O=C1c2ccc(-c3ccc(N4CCOCC4)c(F)c3)n2CCN1CC1CC1. The summed E-state index contributed by atoms with van der Waals surface area (Å²) in [6, 6.07) is 9.22. The van der Waals surface area contributed by atoms with Gasteiger partial charge in [-0.2, -0.15) is 0 Å². The summed E-state index contributed by atoms with van der Waals surface area (Å²) in [5, 5.41) is 0. The third kappa shape index (κ3) is 3.12. The summed E-state index contributed by atoms with van der Waals surface area (Å²) in [6.45, 7) is 5.06. The Balaban J connectivity index is 1.41. The van der Waals surface area contributed by atoms with Gasteiger partial charge in [0.25, 0.3) is 5.91 Å². The molecule has 27 heavy (non-hydrogen) atoms. The van der Waals surface area contributed by atoms with E-state index in [-0.39, 0.29) is 11.7 Å². The number of ether oxygens (including phenoxy) is 1. The quantitative estimate of drug-likeness (QED) is 0.832. The third-order valence-electron chi connectivity index (χ3n) is 5.85. The van der Waals surface area contributed by atoms with Crippen LogP contribution in [-0.2, 0) is 11.3 Å². The maximum atomic E-state index is 14.8. The molecule has 1 saturated heterocycles. The number of fused-ring (bicyclic) bond motifs is 1. The highest BCUT2D eigenvalue weighted by Crippen LogP contribution is 2.33. The van der Waals surface area contributed by atoms with Crippen LogP contribution in [0.4, 0.5) is 10.1 Å². The highest BCUT2D eigenvalue weighted by atomic mass is 19.1. The number of rotatable bonds is 4. The second-order valence-electron chi connectivity index (χ2n) is 7.72. The van der Waals surface area contributed by atoms with Crippen molar-refractivity contribution in [2.24, 2.45) is 5.92 Å². The molecule has 0 N–H and O–H groups in total. The molecule has 1 aromatic heterocycles. The van der Waals surface area contributed by atoms with E-state index in [0.717, 1.165) is 36.6 Å². The van der Waals surface area contributed by atoms with Crippen molar-refractivity contribution in [3.05, 3.63) is 41.8 Å². The molecule has 2 fully saturated rings. The number of morpholine rings is 1. The third-order valence-corrected chi connectivity index (χ3v) is 5.85. The van der Waals surface area contributed by atoms with Crippen LogP contribution in [0.3, 0.4) is 0 Å². The lowest BCUT2D eigenvalue weighted by Crippen LogP contribution is -2.41. The molecule has 5 nitrogen and oxygen atoms in total. The Kier molecular flexibility index (Phi) is 4.16. The number of carbonyl (C=O) groups is 1. The van der Waals surface area contributed by atoms with Crippen LogP contribution in [-0.4, -0.2) is 54.8 Å². The minimum Gasteiger partial charge on any atom is -0.378 e. The van der Waals surface area contributed by atoms with Gasteiger partial charge in [0.15, 0.2) is 0 Å². The number of benzene rings is 1. The highest BCUT2D eigenvalue weighted by molar-refractivity contribution is 5.94. The summed E-state index contributed by atoms with van der Waals surface area (Å²) >= 11 is 0. The van der Waals surface area contributed by atoms with Crippen LogP contribution in [0.15, 0.2) is 30.3 Å². The Labute approximate surface area is 158 Å². The summed E-state index contributed by atoms with van der Waals surface area (Å²) in [5.41, 5.74) is 3.07. The Morgan fingerprint density at radius 3 is 2.52 bits per heavy atom. The van der Waals surface area contributed by atoms with Gasteiger partial charge in [0.1, 0.15) is 11.5 Å². The highest BCUT2D eigenvalue weighted by Gasteiger charge is 2.31. The number of hydrogen-bond donors (Lipinski definition) is 0. The number of carbonyl (C=O) groups excluding carboxylic acids is 1. The van der Waals surface area contributed by atoms with Crippen molar-refractivity contribution in [2.75, 3.05) is 44.3 Å². The van der Waals surface area contributed by atoms with Gasteiger partial charge in [0.05, 0.1) is 18.9 Å². The molecule has 0 radical (unpaired) electrons. The van der Waals surface area contributed by atoms with Gasteiger partial charge in [0, 0.05) is 44.0 Å². The van der Waals surface area contributed by atoms with E-state index in [1.54, 1.807) is 6.07 Å². The second kappa shape index (κ2) is 6.68. The molecule has 0 unspecified atom stereocenters. The van der Waals surface area contributed by atoms with Crippen molar-refractivity contribution in [3.63, 3.8) is 0 Å². The Morgan fingerprint density at radius 2 is 1.78 bits per heavy atom. The minimum atomic E-state index is -0.220. The number of hydrogen-bond acceptors (Lipinski definition) is 3. The maximum absolute atomic E-state index is 14.8. The van der Waals surface area contributed by atoms with Gasteiger partial charge in [-0.1, -0.05) is 6.07 Å². The first kappa shape index (κ1) is 16.8. The molecule has 0 bridgehead atoms. The zero-order valence-electron chi connectivity index (χ0n) is 15.4. The zero-order valence-corrected chi connectivity index (χ0v) is 15.4. The summed E-state index contributed by atoms with van der Waals surface area (Å²) < 4.78 is 22.2. The fraction of sp³-hybridized carbons (Fsp3) is 0.476. The van der Waals surface area contributed by atoms with E-state index in [0.29, 0.717) is 37.9 Å². The summed E-state index contributed by atoms with van der Waals surface area (Å²) in [5.74, 6) is 0.573. The van der Waals surface area contributed by atoms with Gasteiger partial charge in [-0.05, 0) is 43.0 Å². The number of nitrogens with zero attached hydrogens (tertiary/aromatic N) is 3. The molecule has 3 heterocycles. The number of halogens is 1. The molecule has 5 rings (SSSR count). The zero-order chi connectivity index (χ0) is 18.4. The standard InChI is InChI=1S/C21H24FN3O2/c22-17-13-16(3-4-19(17)23-9-11-27-12-10-23)18-5-6-20-21(26)24(7-8-25(18)20)14-15-1-2-15/h3-6,13,15H,1-2,7-12,14H2. The lowest BCUT2D eigenvalue weighted by atomic mass is 10.1. The van der Waals surface area contributed by atoms with Crippen LogP contribution in [0.2, 0.25) is 0 Å². The van der Waals surface area contributed by atoms with Crippen molar-refractivity contribution in [3.8, 4) is 11.3 Å². The van der Waals surface area contributed by atoms with E-state index in [2.05, 4.69) is 0 Å². The summed E-state index contributed by atoms with van der Waals surface area (Å²) in [6.07, 6.45) is 2.48. The molecule has 1 aliphatic carbocycles. The van der Waals surface area contributed by atoms with Crippen LogP contribution >= 0.6 is 0 Å². The Morgan fingerprint density at radius 1 is 1.00 bits per heavy atom. The molecule has 2 aromatic rings. The second-order valence-corrected chi connectivity index (χ2v) is 7.72.